The highest BCUT2D eigenvalue weighted by molar-refractivity contribution is 5.67. The number of nitrogens with one attached hydrogen (secondary N) is 1. The number of likely N-dealkylation sites (tertiary alicyclic amines) is 1. The zero-order chi connectivity index (χ0) is 14.5. The molecule has 1 saturated carbocycles. The van der Waals surface area contributed by atoms with Crippen molar-refractivity contribution in [2.45, 2.75) is 52.0 Å². The summed E-state index contributed by atoms with van der Waals surface area (Å²) in [6.45, 7) is 7.23. The van der Waals surface area contributed by atoms with Crippen LogP contribution in [0.4, 0.5) is 4.79 Å². The normalized spacial score (nSPS) is 26.9. The van der Waals surface area contributed by atoms with Gasteiger partial charge in [-0.25, -0.2) is 4.79 Å². The molecule has 2 fully saturated rings. The summed E-state index contributed by atoms with van der Waals surface area (Å²) in [5.41, 5.74) is 0. The summed E-state index contributed by atoms with van der Waals surface area (Å²) in [7, 11) is 1.48. The van der Waals surface area contributed by atoms with Crippen molar-refractivity contribution in [2.24, 2.45) is 17.8 Å². The Hall–Kier alpha value is -0.770. The van der Waals surface area contributed by atoms with E-state index < -0.39 is 0 Å². The Morgan fingerprint density at radius 2 is 2.05 bits per heavy atom. The van der Waals surface area contributed by atoms with Crippen molar-refractivity contribution >= 4 is 6.09 Å². The standard InChI is InChI=1S/C16H30N2O2/c1-12(2)6-7-17-15-9-14(8-13-4-5-13)10-18(11-15)16(19)20-3/h12-15,17H,4-11H2,1-3H3. The Morgan fingerprint density at radius 1 is 1.30 bits per heavy atom. The van der Waals surface area contributed by atoms with Crippen LogP contribution >= 0.6 is 0 Å². The number of methoxy groups -OCH3 is 1. The average molecular weight is 282 g/mol. The molecule has 1 heterocycles. The van der Waals surface area contributed by atoms with Gasteiger partial charge in [0.25, 0.3) is 0 Å². The number of piperidine rings is 1. The van der Waals surface area contributed by atoms with Crippen molar-refractivity contribution in [3.63, 3.8) is 0 Å². The van der Waals surface area contributed by atoms with E-state index in [1.807, 2.05) is 4.90 Å². The molecule has 116 valence electrons. The first-order chi connectivity index (χ1) is 9.58. The molecule has 2 aliphatic rings. The lowest BCUT2D eigenvalue weighted by Crippen LogP contribution is -2.51. The van der Waals surface area contributed by atoms with Gasteiger partial charge in [0.15, 0.2) is 0 Å². The van der Waals surface area contributed by atoms with Crippen LogP contribution in [0.2, 0.25) is 0 Å². The largest absolute Gasteiger partial charge is 0.453 e. The van der Waals surface area contributed by atoms with Crippen molar-refractivity contribution in [1.82, 2.24) is 10.2 Å². The van der Waals surface area contributed by atoms with E-state index in [2.05, 4.69) is 19.2 Å². The molecule has 1 N–H and O–H groups in total. The molecule has 2 unspecified atom stereocenters. The summed E-state index contributed by atoms with van der Waals surface area (Å²) < 4.78 is 4.91. The third-order valence-corrected chi connectivity index (χ3v) is 4.49. The van der Waals surface area contributed by atoms with Crippen molar-refractivity contribution < 1.29 is 9.53 Å². The summed E-state index contributed by atoms with van der Waals surface area (Å²) >= 11 is 0. The zero-order valence-electron chi connectivity index (χ0n) is 13.2. The van der Waals surface area contributed by atoms with E-state index in [0.29, 0.717) is 12.0 Å². The molecule has 4 nitrogen and oxygen atoms in total. The molecule has 1 amide bonds. The lowest BCUT2D eigenvalue weighted by Gasteiger charge is -2.37. The molecule has 4 heteroatoms. The van der Waals surface area contributed by atoms with Crippen molar-refractivity contribution in [3.8, 4) is 0 Å². The highest BCUT2D eigenvalue weighted by Gasteiger charge is 2.33. The van der Waals surface area contributed by atoms with Crippen LogP contribution in [0.25, 0.3) is 0 Å². The summed E-state index contributed by atoms with van der Waals surface area (Å²) in [6, 6.07) is 0.436. The van der Waals surface area contributed by atoms with Gasteiger partial charge < -0.3 is 15.0 Å². The van der Waals surface area contributed by atoms with Gasteiger partial charge in [-0.2, -0.15) is 0 Å². The van der Waals surface area contributed by atoms with Gasteiger partial charge in [-0.1, -0.05) is 26.7 Å². The number of carbonyl (C=O) groups is 1. The van der Waals surface area contributed by atoms with E-state index in [1.54, 1.807) is 0 Å². The smallest absolute Gasteiger partial charge is 0.409 e. The van der Waals surface area contributed by atoms with Gasteiger partial charge in [0.1, 0.15) is 0 Å². The average Bonchev–Trinajstić information content (AvgIpc) is 3.21. The van der Waals surface area contributed by atoms with Crippen molar-refractivity contribution in [1.29, 1.82) is 0 Å². The second kappa shape index (κ2) is 7.30. The lowest BCUT2D eigenvalue weighted by molar-refractivity contribution is 0.0878. The number of amides is 1. The Bertz CT molecular complexity index is 316. The van der Waals surface area contributed by atoms with Gasteiger partial charge >= 0.3 is 6.09 Å². The molecule has 2 rings (SSSR count). The highest BCUT2D eigenvalue weighted by Crippen LogP contribution is 2.37. The van der Waals surface area contributed by atoms with E-state index in [-0.39, 0.29) is 6.09 Å². The van der Waals surface area contributed by atoms with E-state index in [0.717, 1.165) is 31.5 Å². The molecular weight excluding hydrogens is 252 g/mol. The molecule has 2 atom stereocenters. The van der Waals surface area contributed by atoms with Crippen LogP contribution in [0.15, 0.2) is 0 Å². The quantitative estimate of drug-likeness (QED) is 0.814. The monoisotopic (exact) mass is 282 g/mol. The predicted octanol–water partition coefficient (Wildman–Crippen LogP) is 2.88. The van der Waals surface area contributed by atoms with Gasteiger partial charge in [-0.3, -0.25) is 0 Å². The van der Waals surface area contributed by atoms with Crippen molar-refractivity contribution in [2.75, 3.05) is 26.7 Å². The minimum atomic E-state index is -0.166. The van der Waals surface area contributed by atoms with Gasteiger partial charge in [0.05, 0.1) is 7.11 Å². The molecule has 0 aromatic heterocycles. The Morgan fingerprint density at radius 3 is 2.65 bits per heavy atom. The van der Waals surface area contributed by atoms with Crippen LogP contribution in [0.5, 0.6) is 0 Å². The molecule has 1 aliphatic carbocycles. The van der Waals surface area contributed by atoms with Gasteiger partial charge in [-0.15, -0.1) is 0 Å². The number of rotatable bonds is 6. The predicted molar refractivity (Wildman–Crippen MR) is 80.7 cm³/mol. The molecule has 0 aromatic rings. The first-order valence-corrected chi connectivity index (χ1v) is 8.14. The molecule has 1 saturated heterocycles. The minimum Gasteiger partial charge on any atom is -0.453 e. The fraction of sp³-hybridized carbons (Fsp3) is 0.938. The van der Waals surface area contributed by atoms with E-state index in [1.165, 1.54) is 39.2 Å². The summed E-state index contributed by atoms with van der Waals surface area (Å²) in [6.07, 6.45) is 6.31. The molecule has 0 bridgehead atoms. The minimum absolute atomic E-state index is 0.166. The van der Waals surface area contributed by atoms with E-state index in [9.17, 15) is 4.79 Å². The lowest BCUT2D eigenvalue weighted by atomic mass is 9.90. The molecule has 1 aliphatic heterocycles. The molecule has 0 aromatic carbocycles. The molecular formula is C16H30N2O2. The van der Waals surface area contributed by atoms with Gasteiger partial charge in [-0.05, 0) is 43.6 Å². The highest BCUT2D eigenvalue weighted by atomic mass is 16.5. The summed E-state index contributed by atoms with van der Waals surface area (Å²) in [4.78, 5) is 13.7. The first kappa shape index (κ1) is 15.6. The Balaban J connectivity index is 1.83. The summed E-state index contributed by atoms with van der Waals surface area (Å²) in [5, 5.41) is 3.64. The third-order valence-electron chi connectivity index (χ3n) is 4.49. The maximum Gasteiger partial charge on any atom is 0.409 e. The number of ether oxygens (including phenoxy) is 1. The zero-order valence-corrected chi connectivity index (χ0v) is 13.2. The Labute approximate surface area is 123 Å². The fourth-order valence-corrected chi connectivity index (χ4v) is 3.20. The third kappa shape index (κ3) is 4.97. The number of nitrogens with zero attached hydrogens (tertiary/aromatic N) is 1. The number of hydrogen-bond donors (Lipinski definition) is 1. The second-order valence-corrected chi connectivity index (χ2v) is 6.99. The van der Waals surface area contributed by atoms with Crippen LogP contribution in [-0.4, -0.2) is 43.8 Å². The number of hydrogen-bond acceptors (Lipinski definition) is 3. The van der Waals surface area contributed by atoms with E-state index >= 15 is 0 Å². The first-order valence-electron chi connectivity index (χ1n) is 8.14. The maximum atomic E-state index is 11.8. The van der Waals surface area contributed by atoms with Crippen LogP contribution < -0.4 is 5.32 Å². The number of carbonyl (C=O) groups excluding carboxylic acids is 1. The maximum absolute atomic E-state index is 11.8. The SMILES string of the molecule is COC(=O)N1CC(CC2CC2)CC(NCCC(C)C)C1. The van der Waals surface area contributed by atoms with Gasteiger partial charge in [0, 0.05) is 19.1 Å². The van der Waals surface area contributed by atoms with Gasteiger partial charge in [0.2, 0.25) is 0 Å². The molecule has 0 radical (unpaired) electrons. The van der Waals surface area contributed by atoms with Crippen LogP contribution in [-0.2, 0) is 4.74 Å². The van der Waals surface area contributed by atoms with Crippen molar-refractivity contribution in [3.05, 3.63) is 0 Å². The van der Waals surface area contributed by atoms with E-state index in [4.69, 9.17) is 4.74 Å². The van der Waals surface area contributed by atoms with Crippen LogP contribution in [0, 0.1) is 17.8 Å². The second-order valence-electron chi connectivity index (χ2n) is 6.99. The topological polar surface area (TPSA) is 41.6 Å². The summed E-state index contributed by atoms with van der Waals surface area (Å²) in [5.74, 6) is 2.30. The van der Waals surface area contributed by atoms with Crippen LogP contribution in [0.3, 0.4) is 0 Å². The Kier molecular flexibility index (Phi) is 5.70. The molecule has 0 spiro atoms. The molecule has 20 heavy (non-hydrogen) atoms. The fourth-order valence-electron chi connectivity index (χ4n) is 3.20. The van der Waals surface area contributed by atoms with Crippen LogP contribution in [0.1, 0.15) is 46.0 Å².